The summed E-state index contributed by atoms with van der Waals surface area (Å²) in [4.78, 5) is 0. The summed E-state index contributed by atoms with van der Waals surface area (Å²) in [7, 11) is 1.53. The third kappa shape index (κ3) is 3.08. The molecule has 0 aliphatic heterocycles. The average Bonchev–Trinajstić information content (AvgIpc) is 2.55. The molecular formula is C19H15BrFNO2. The van der Waals surface area contributed by atoms with E-state index in [1.54, 1.807) is 36.4 Å². The topological polar surface area (TPSA) is 55.5 Å². The first-order valence-corrected chi connectivity index (χ1v) is 8.01. The lowest BCUT2D eigenvalue weighted by Crippen LogP contribution is -1.97. The first kappa shape index (κ1) is 16.3. The number of anilines is 1. The number of phenols is 1. The quantitative estimate of drug-likeness (QED) is 0.605. The zero-order chi connectivity index (χ0) is 17.3. The molecule has 3 nitrogen and oxygen atoms in total. The lowest BCUT2D eigenvalue weighted by atomic mass is 9.92. The number of ether oxygens (including phenoxy) is 1. The highest BCUT2D eigenvalue weighted by molar-refractivity contribution is 9.10. The van der Waals surface area contributed by atoms with E-state index < -0.39 is 0 Å². The first-order chi connectivity index (χ1) is 11.5. The summed E-state index contributed by atoms with van der Waals surface area (Å²) < 4.78 is 20.0. The molecule has 0 aliphatic rings. The Kier molecular flexibility index (Phi) is 4.44. The van der Waals surface area contributed by atoms with Gasteiger partial charge in [-0.25, -0.2) is 4.39 Å². The van der Waals surface area contributed by atoms with Crippen molar-refractivity contribution in [2.24, 2.45) is 0 Å². The Morgan fingerprint density at radius 1 is 1.00 bits per heavy atom. The molecule has 0 fully saturated rings. The highest BCUT2D eigenvalue weighted by Crippen LogP contribution is 2.43. The summed E-state index contributed by atoms with van der Waals surface area (Å²) in [5.41, 5.74) is 9.65. The lowest BCUT2D eigenvalue weighted by molar-refractivity contribution is 0.415. The van der Waals surface area contributed by atoms with Crippen LogP contribution in [0, 0.1) is 5.82 Å². The Hall–Kier alpha value is -2.53. The molecule has 0 saturated carbocycles. The number of nitrogen functional groups attached to an aromatic ring is 1. The summed E-state index contributed by atoms with van der Waals surface area (Å²) in [5.74, 6) is 0.335. The minimum Gasteiger partial charge on any atom is -0.508 e. The van der Waals surface area contributed by atoms with Gasteiger partial charge in [-0.2, -0.15) is 0 Å². The van der Waals surface area contributed by atoms with Crippen molar-refractivity contribution in [1.82, 2.24) is 0 Å². The summed E-state index contributed by atoms with van der Waals surface area (Å²) in [5, 5.41) is 9.51. The predicted molar refractivity (Wildman–Crippen MR) is 97.6 cm³/mol. The third-order valence-electron chi connectivity index (χ3n) is 3.74. The third-order valence-corrected chi connectivity index (χ3v) is 4.20. The maximum Gasteiger partial charge on any atom is 0.126 e. The Bertz CT molecular complexity index is 895. The first-order valence-electron chi connectivity index (χ1n) is 7.22. The van der Waals surface area contributed by atoms with Crippen LogP contribution in [0.1, 0.15) is 0 Å². The number of methoxy groups -OCH3 is 1. The van der Waals surface area contributed by atoms with Gasteiger partial charge in [0.2, 0.25) is 0 Å². The van der Waals surface area contributed by atoms with Gasteiger partial charge in [-0.05, 0) is 53.6 Å². The molecule has 3 aromatic carbocycles. The van der Waals surface area contributed by atoms with Crippen LogP contribution in [0.4, 0.5) is 10.1 Å². The summed E-state index contributed by atoms with van der Waals surface area (Å²) >= 11 is 3.45. The maximum absolute atomic E-state index is 13.8. The van der Waals surface area contributed by atoms with Crippen LogP contribution in [0.5, 0.6) is 11.5 Å². The second-order valence-corrected chi connectivity index (χ2v) is 6.22. The number of nitrogens with two attached hydrogens (primary N) is 1. The fourth-order valence-electron chi connectivity index (χ4n) is 2.67. The molecule has 3 aromatic rings. The van der Waals surface area contributed by atoms with Crippen LogP contribution in [-0.4, -0.2) is 12.2 Å². The van der Waals surface area contributed by atoms with Gasteiger partial charge in [0.05, 0.1) is 7.11 Å². The second kappa shape index (κ2) is 6.53. The minimum absolute atomic E-state index is 0.173. The molecule has 3 N–H and O–H groups in total. The molecule has 0 radical (unpaired) electrons. The Balaban J connectivity index is 2.32. The molecule has 0 aromatic heterocycles. The SMILES string of the molecule is COc1ccc(F)cc1-c1c(N)cc(Br)cc1-c1ccc(O)cc1. The summed E-state index contributed by atoms with van der Waals surface area (Å²) in [6.07, 6.45) is 0. The smallest absolute Gasteiger partial charge is 0.126 e. The van der Waals surface area contributed by atoms with Crippen LogP contribution < -0.4 is 10.5 Å². The Labute approximate surface area is 147 Å². The van der Waals surface area contributed by atoms with Crippen LogP contribution >= 0.6 is 15.9 Å². The molecule has 0 aliphatic carbocycles. The summed E-state index contributed by atoms with van der Waals surface area (Å²) in [6.45, 7) is 0. The number of phenolic OH excluding ortho intramolecular Hbond substituents is 1. The maximum atomic E-state index is 13.8. The molecule has 0 spiro atoms. The van der Waals surface area contributed by atoms with E-state index in [0.29, 0.717) is 22.6 Å². The van der Waals surface area contributed by atoms with E-state index >= 15 is 0 Å². The van der Waals surface area contributed by atoms with Crippen LogP contribution in [0.25, 0.3) is 22.3 Å². The molecular weight excluding hydrogens is 373 g/mol. The zero-order valence-electron chi connectivity index (χ0n) is 12.9. The van der Waals surface area contributed by atoms with E-state index in [1.165, 1.54) is 19.2 Å². The molecule has 0 atom stereocenters. The number of rotatable bonds is 3. The van der Waals surface area contributed by atoms with Crippen LogP contribution in [0.3, 0.4) is 0 Å². The van der Waals surface area contributed by atoms with Crippen LogP contribution in [0.15, 0.2) is 59.1 Å². The molecule has 5 heteroatoms. The number of hydrogen-bond donors (Lipinski definition) is 2. The Morgan fingerprint density at radius 2 is 1.71 bits per heavy atom. The molecule has 0 saturated heterocycles. The van der Waals surface area contributed by atoms with Crippen molar-refractivity contribution in [3.05, 3.63) is 64.9 Å². The van der Waals surface area contributed by atoms with Gasteiger partial charge >= 0.3 is 0 Å². The van der Waals surface area contributed by atoms with E-state index in [2.05, 4.69) is 15.9 Å². The van der Waals surface area contributed by atoms with Crippen molar-refractivity contribution in [2.75, 3.05) is 12.8 Å². The fraction of sp³-hybridized carbons (Fsp3) is 0.0526. The largest absolute Gasteiger partial charge is 0.508 e. The van der Waals surface area contributed by atoms with Crippen molar-refractivity contribution in [3.63, 3.8) is 0 Å². The van der Waals surface area contributed by atoms with Crippen molar-refractivity contribution in [3.8, 4) is 33.8 Å². The molecule has 0 amide bonds. The molecule has 122 valence electrons. The van der Waals surface area contributed by atoms with Gasteiger partial charge in [0.15, 0.2) is 0 Å². The fourth-order valence-corrected chi connectivity index (χ4v) is 3.15. The van der Waals surface area contributed by atoms with Crippen molar-refractivity contribution in [2.45, 2.75) is 0 Å². The standard InChI is InChI=1S/C19H15BrFNO2/c1-24-18-7-4-13(21)10-16(18)19-15(8-12(20)9-17(19)22)11-2-5-14(23)6-3-11/h2-10,23H,22H2,1H3. The van der Waals surface area contributed by atoms with E-state index in [1.807, 2.05) is 6.07 Å². The molecule has 0 heterocycles. The van der Waals surface area contributed by atoms with E-state index in [4.69, 9.17) is 10.5 Å². The van der Waals surface area contributed by atoms with Gasteiger partial charge < -0.3 is 15.6 Å². The van der Waals surface area contributed by atoms with Crippen LogP contribution in [0.2, 0.25) is 0 Å². The van der Waals surface area contributed by atoms with Crippen molar-refractivity contribution < 1.29 is 14.2 Å². The van der Waals surface area contributed by atoms with Gasteiger partial charge in [0, 0.05) is 21.3 Å². The number of aromatic hydroxyl groups is 1. The number of halogens is 2. The van der Waals surface area contributed by atoms with Crippen molar-refractivity contribution >= 4 is 21.6 Å². The minimum atomic E-state index is -0.371. The van der Waals surface area contributed by atoms with Gasteiger partial charge in [-0.1, -0.05) is 28.1 Å². The van der Waals surface area contributed by atoms with Gasteiger partial charge in [0.1, 0.15) is 17.3 Å². The van der Waals surface area contributed by atoms with E-state index in [0.717, 1.165) is 15.6 Å². The highest BCUT2D eigenvalue weighted by Gasteiger charge is 2.17. The molecule has 0 unspecified atom stereocenters. The predicted octanol–water partition coefficient (Wildman–Crippen LogP) is 5.22. The van der Waals surface area contributed by atoms with E-state index in [-0.39, 0.29) is 11.6 Å². The summed E-state index contributed by atoms with van der Waals surface area (Å²) in [6, 6.07) is 14.8. The van der Waals surface area contributed by atoms with Gasteiger partial charge in [-0.15, -0.1) is 0 Å². The van der Waals surface area contributed by atoms with E-state index in [9.17, 15) is 9.50 Å². The molecule has 0 bridgehead atoms. The lowest BCUT2D eigenvalue weighted by Gasteiger charge is -2.17. The second-order valence-electron chi connectivity index (χ2n) is 5.31. The van der Waals surface area contributed by atoms with Gasteiger partial charge in [-0.3, -0.25) is 0 Å². The van der Waals surface area contributed by atoms with Crippen molar-refractivity contribution in [1.29, 1.82) is 0 Å². The van der Waals surface area contributed by atoms with Crippen LogP contribution in [-0.2, 0) is 0 Å². The Morgan fingerprint density at radius 3 is 2.38 bits per heavy atom. The average molecular weight is 388 g/mol. The highest BCUT2D eigenvalue weighted by atomic mass is 79.9. The zero-order valence-corrected chi connectivity index (χ0v) is 14.5. The normalized spacial score (nSPS) is 10.6. The van der Waals surface area contributed by atoms with Gasteiger partial charge in [0.25, 0.3) is 0 Å². The molecule has 3 rings (SSSR count). The monoisotopic (exact) mass is 387 g/mol. The molecule has 24 heavy (non-hydrogen) atoms. The number of benzene rings is 3. The number of hydrogen-bond acceptors (Lipinski definition) is 3.